The zero-order valence-electron chi connectivity index (χ0n) is 9.56. The third-order valence-electron chi connectivity index (χ3n) is 2.42. The first-order chi connectivity index (χ1) is 8.65. The van der Waals surface area contributed by atoms with E-state index < -0.39 is 0 Å². The zero-order valence-corrected chi connectivity index (χ0v) is 10.3. The van der Waals surface area contributed by atoms with Crippen molar-refractivity contribution in [3.8, 4) is 5.75 Å². The van der Waals surface area contributed by atoms with Gasteiger partial charge in [0.25, 0.3) is 0 Å². The van der Waals surface area contributed by atoms with Crippen LogP contribution in [0, 0.1) is 0 Å². The molecule has 0 fully saturated rings. The van der Waals surface area contributed by atoms with Gasteiger partial charge >= 0.3 is 0 Å². The largest absolute Gasteiger partial charge is 0.508 e. The molecule has 0 atom stereocenters. The van der Waals surface area contributed by atoms with Crippen molar-refractivity contribution in [3.63, 3.8) is 0 Å². The van der Waals surface area contributed by atoms with Crippen LogP contribution in [0.15, 0.2) is 48.5 Å². The minimum Gasteiger partial charge on any atom is -0.508 e. The standard InChI is InChI=1S/C14H12ClNO2/c15-12-6-1-2-7-13(12)16-14(18)9-10-4-3-5-11(17)8-10/h1-8,17H,9H2,(H,16,18). The van der Waals surface area contributed by atoms with Gasteiger partial charge in [0.2, 0.25) is 5.91 Å². The number of phenolic OH excluding ortho intramolecular Hbond substituents is 1. The van der Waals surface area contributed by atoms with Crippen molar-refractivity contribution in [1.82, 2.24) is 0 Å². The van der Waals surface area contributed by atoms with E-state index in [-0.39, 0.29) is 18.1 Å². The highest BCUT2D eigenvalue weighted by Crippen LogP contribution is 2.20. The molecule has 4 heteroatoms. The summed E-state index contributed by atoms with van der Waals surface area (Å²) in [6, 6.07) is 13.7. The Morgan fingerprint density at radius 2 is 1.94 bits per heavy atom. The molecule has 3 nitrogen and oxygen atoms in total. The molecule has 0 bridgehead atoms. The van der Waals surface area contributed by atoms with Gasteiger partial charge in [-0.1, -0.05) is 35.9 Å². The molecule has 0 aliphatic heterocycles. The molecule has 0 unspecified atom stereocenters. The first kappa shape index (κ1) is 12.5. The van der Waals surface area contributed by atoms with Crippen molar-refractivity contribution in [3.05, 3.63) is 59.1 Å². The minimum atomic E-state index is -0.172. The van der Waals surface area contributed by atoms with E-state index >= 15 is 0 Å². The average Bonchev–Trinajstić information content (AvgIpc) is 2.32. The van der Waals surface area contributed by atoms with E-state index in [4.69, 9.17) is 11.6 Å². The molecule has 0 spiro atoms. The van der Waals surface area contributed by atoms with Gasteiger partial charge < -0.3 is 10.4 Å². The van der Waals surface area contributed by atoms with Gasteiger partial charge in [0.05, 0.1) is 17.1 Å². The number of phenols is 1. The van der Waals surface area contributed by atoms with Gasteiger partial charge in [0.1, 0.15) is 5.75 Å². The summed E-state index contributed by atoms with van der Waals surface area (Å²) in [6.07, 6.45) is 0.194. The number of benzene rings is 2. The summed E-state index contributed by atoms with van der Waals surface area (Å²) >= 11 is 5.94. The second-order valence-electron chi connectivity index (χ2n) is 3.87. The Balaban J connectivity index is 2.03. The van der Waals surface area contributed by atoms with E-state index in [1.165, 1.54) is 0 Å². The van der Waals surface area contributed by atoms with Crippen molar-refractivity contribution in [2.75, 3.05) is 5.32 Å². The van der Waals surface area contributed by atoms with Crippen molar-refractivity contribution in [2.24, 2.45) is 0 Å². The lowest BCUT2D eigenvalue weighted by Crippen LogP contribution is -2.14. The first-order valence-corrected chi connectivity index (χ1v) is 5.85. The molecule has 2 aromatic carbocycles. The number of nitrogens with one attached hydrogen (secondary N) is 1. The molecular formula is C14H12ClNO2. The van der Waals surface area contributed by atoms with E-state index in [0.29, 0.717) is 10.7 Å². The molecule has 18 heavy (non-hydrogen) atoms. The predicted octanol–water partition coefficient (Wildman–Crippen LogP) is 3.23. The number of rotatable bonds is 3. The molecule has 0 saturated carbocycles. The maximum atomic E-state index is 11.8. The lowest BCUT2D eigenvalue weighted by molar-refractivity contribution is -0.115. The van der Waals surface area contributed by atoms with Gasteiger partial charge in [-0.15, -0.1) is 0 Å². The molecule has 0 aliphatic carbocycles. The van der Waals surface area contributed by atoms with Crippen LogP contribution in [-0.2, 0) is 11.2 Å². The van der Waals surface area contributed by atoms with E-state index in [0.717, 1.165) is 5.56 Å². The van der Waals surface area contributed by atoms with E-state index in [1.54, 1.807) is 48.5 Å². The molecule has 2 rings (SSSR count). The molecule has 0 aliphatic rings. The predicted molar refractivity (Wildman–Crippen MR) is 71.9 cm³/mol. The maximum absolute atomic E-state index is 11.8. The van der Waals surface area contributed by atoms with E-state index in [9.17, 15) is 9.90 Å². The number of hydrogen-bond donors (Lipinski definition) is 2. The van der Waals surface area contributed by atoms with Crippen LogP contribution in [0.3, 0.4) is 0 Å². The smallest absolute Gasteiger partial charge is 0.228 e. The van der Waals surface area contributed by atoms with Gasteiger partial charge in [-0.05, 0) is 29.8 Å². The van der Waals surface area contributed by atoms with Gasteiger partial charge in [0, 0.05) is 0 Å². The van der Waals surface area contributed by atoms with Crippen molar-refractivity contribution in [1.29, 1.82) is 0 Å². The van der Waals surface area contributed by atoms with Crippen molar-refractivity contribution < 1.29 is 9.90 Å². The van der Waals surface area contributed by atoms with Gasteiger partial charge in [-0.3, -0.25) is 4.79 Å². The maximum Gasteiger partial charge on any atom is 0.228 e. The second-order valence-corrected chi connectivity index (χ2v) is 4.28. The van der Waals surface area contributed by atoms with Gasteiger partial charge in [-0.2, -0.15) is 0 Å². The highest BCUT2D eigenvalue weighted by Gasteiger charge is 2.06. The molecule has 2 N–H and O–H groups in total. The number of carbonyl (C=O) groups excluding carboxylic acids is 1. The van der Waals surface area contributed by atoms with E-state index in [2.05, 4.69) is 5.32 Å². The number of anilines is 1. The summed E-state index contributed by atoms with van der Waals surface area (Å²) in [4.78, 5) is 11.8. The minimum absolute atomic E-state index is 0.151. The van der Waals surface area contributed by atoms with Crippen LogP contribution in [0.2, 0.25) is 5.02 Å². The Labute approximate surface area is 110 Å². The summed E-state index contributed by atoms with van der Waals surface area (Å²) in [5, 5.41) is 12.5. The van der Waals surface area contributed by atoms with Gasteiger partial charge in [-0.25, -0.2) is 0 Å². The van der Waals surface area contributed by atoms with Crippen LogP contribution in [0.1, 0.15) is 5.56 Å². The van der Waals surface area contributed by atoms with Crippen LogP contribution >= 0.6 is 11.6 Å². The topological polar surface area (TPSA) is 49.3 Å². The van der Waals surface area contributed by atoms with Crippen molar-refractivity contribution in [2.45, 2.75) is 6.42 Å². The number of amides is 1. The summed E-state index contributed by atoms with van der Waals surface area (Å²) in [5.74, 6) is -0.0215. The monoisotopic (exact) mass is 261 g/mol. The lowest BCUT2D eigenvalue weighted by Gasteiger charge is -2.07. The Bertz CT molecular complexity index is 569. The van der Waals surface area contributed by atoms with Crippen LogP contribution in [0.5, 0.6) is 5.75 Å². The lowest BCUT2D eigenvalue weighted by atomic mass is 10.1. The average molecular weight is 262 g/mol. The highest BCUT2D eigenvalue weighted by atomic mass is 35.5. The second kappa shape index (κ2) is 5.56. The molecule has 92 valence electrons. The summed E-state index contributed by atoms with van der Waals surface area (Å²) < 4.78 is 0. The Kier molecular flexibility index (Phi) is 3.85. The fraction of sp³-hybridized carbons (Fsp3) is 0.0714. The Morgan fingerprint density at radius 3 is 2.67 bits per heavy atom. The molecule has 1 amide bonds. The molecule has 0 heterocycles. The summed E-state index contributed by atoms with van der Waals surface area (Å²) in [6.45, 7) is 0. The quantitative estimate of drug-likeness (QED) is 0.891. The number of halogens is 1. The highest BCUT2D eigenvalue weighted by molar-refractivity contribution is 6.33. The number of carbonyl (C=O) groups is 1. The van der Waals surface area contributed by atoms with Crippen LogP contribution in [0.25, 0.3) is 0 Å². The van der Waals surface area contributed by atoms with E-state index in [1.807, 2.05) is 0 Å². The first-order valence-electron chi connectivity index (χ1n) is 5.47. The Morgan fingerprint density at radius 1 is 1.17 bits per heavy atom. The van der Waals surface area contributed by atoms with Gasteiger partial charge in [0.15, 0.2) is 0 Å². The number of aromatic hydroxyl groups is 1. The molecule has 0 saturated heterocycles. The Hall–Kier alpha value is -2.00. The van der Waals surface area contributed by atoms with Crippen LogP contribution in [-0.4, -0.2) is 11.0 Å². The molecule has 0 aromatic heterocycles. The molecule has 0 radical (unpaired) electrons. The van der Waals surface area contributed by atoms with Crippen molar-refractivity contribution >= 4 is 23.2 Å². The summed E-state index contributed by atoms with van der Waals surface area (Å²) in [7, 11) is 0. The SMILES string of the molecule is O=C(Cc1cccc(O)c1)Nc1ccccc1Cl. The normalized spacial score (nSPS) is 10.1. The number of para-hydroxylation sites is 1. The third kappa shape index (κ3) is 3.25. The summed E-state index contributed by atoms with van der Waals surface area (Å²) in [5.41, 5.74) is 1.34. The van der Waals surface area contributed by atoms with Crippen LogP contribution < -0.4 is 5.32 Å². The third-order valence-corrected chi connectivity index (χ3v) is 2.75. The fourth-order valence-electron chi connectivity index (χ4n) is 1.61. The zero-order chi connectivity index (χ0) is 13.0. The van der Waals surface area contributed by atoms with Crippen LogP contribution in [0.4, 0.5) is 5.69 Å². The molecule has 2 aromatic rings. The fourth-order valence-corrected chi connectivity index (χ4v) is 1.79. The molecular weight excluding hydrogens is 250 g/mol. The number of hydrogen-bond acceptors (Lipinski definition) is 2.